The number of benzene rings is 1. The zero-order valence-corrected chi connectivity index (χ0v) is 21.4. The molecule has 1 saturated heterocycles. The van der Waals surface area contributed by atoms with Crippen molar-refractivity contribution in [2.24, 2.45) is 0 Å². The second kappa shape index (κ2) is 9.87. The van der Waals surface area contributed by atoms with Crippen LogP contribution >= 0.6 is 0 Å². The second-order valence-corrected chi connectivity index (χ2v) is 10.1. The number of amides is 2. The summed E-state index contributed by atoms with van der Waals surface area (Å²) < 4.78 is 27.5. The maximum atomic E-state index is 15.0. The van der Waals surface area contributed by atoms with Crippen molar-refractivity contribution >= 4 is 17.8 Å². The Hall–Kier alpha value is -4.30. The normalized spacial score (nSPS) is 15.7. The van der Waals surface area contributed by atoms with Crippen molar-refractivity contribution in [2.45, 2.75) is 39.3 Å². The van der Waals surface area contributed by atoms with Crippen LogP contribution in [0.25, 0.3) is 16.9 Å². The molecule has 1 aromatic carbocycles. The summed E-state index contributed by atoms with van der Waals surface area (Å²) >= 11 is 0. The summed E-state index contributed by atoms with van der Waals surface area (Å²) in [4.78, 5) is 34.0. The molecular weight excluding hydrogens is 491 g/mol. The monoisotopic (exact) mass is 518 g/mol. The molecule has 0 spiro atoms. The van der Waals surface area contributed by atoms with Gasteiger partial charge in [-0.25, -0.2) is 23.8 Å². The van der Waals surface area contributed by atoms with E-state index in [9.17, 15) is 19.2 Å². The van der Waals surface area contributed by atoms with Crippen LogP contribution in [0.4, 0.5) is 15.0 Å². The number of aromatic nitrogens is 3. The third-order valence-corrected chi connectivity index (χ3v) is 6.21. The largest absolute Gasteiger partial charge is 0.443 e. The third kappa shape index (κ3) is 4.82. The molecule has 4 heterocycles. The van der Waals surface area contributed by atoms with Gasteiger partial charge in [0.1, 0.15) is 11.4 Å². The Bertz CT molecular complexity index is 1450. The van der Waals surface area contributed by atoms with Crippen molar-refractivity contribution in [3.63, 3.8) is 0 Å². The summed E-state index contributed by atoms with van der Waals surface area (Å²) in [5, 5.41) is 14.3. The molecule has 0 atom stereocenters. The lowest BCUT2D eigenvalue weighted by Crippen LogP contribution is -2.37. The minimum atomic E-state index is -0.809. The molecule has 3 aromatic rings. The van der Waals surface area contributed by atoms with Crippen LogP contribution in [-0.4, -0.2) is 63.6 Å². The lowest BCUT2D eigenvalue weighted by molar-refractivity contribution is 0.0247. The molecule has 196 valence electrons. The van der Waals surface area contributed by atoms with Gasteiger partial charge in [0, 0.05) is 32.0 Å². The lowest BCUT2D eigenvalue weighted by atomic mass is 10.0. The average Bonchev–Trinajstić information content (AvgIpc) is 3.38. The predicted octanol–water partition coefficient (Wildman–Crippen LogP) is 4.06. The van der Waals surface area contributed by atoms with Gasteiger partial charge >= 0.3 is 6.09 Å². The first-order valence-corrected chi connectivity index (χ1v) is 12.3. The quantitative estimate of drug-likeness (QED) is 0.510. The highest BCUT2D eigenvalue weighted by molar-refractivity contribution is 6.08. The summed E-state index contributed by atoms with van der Waals surface area (Å²) in [5.41, 5.74) is 0.222. The van der Waals surface area contributed by atoms with E-state index in [0.717, 1.165) is 17.9 Å². The summed E-state index contributed by atoms with van der Waals surface area (Å²) in [5.74, 6) is -0.514. The van der Waals surface area contributed by atoms with Crippen molar-refractivity contribution in [3.05, 3.63) is 59.2 Å². The molecule has 2 aliphatic rings. The summed E-state index contributed by atoms with van der Waals surface area (Å²) in [6.45, 7) is 7.67. The number of hydrogen-bond acceptors (Lipinski definition) is 8. The molecule has 38 heavy (non-hydrogen) atoms. The number of carbonyl (C=O) groups excluding carboxylic acids is 2. The van der Waals surface area contributed by atoms with Gasteiger partial charge in [-0.2, -0.15) is 10.4 Å². The van der Waals surface area contributed by atoms with E-state index < -0.39 is 23.4 Å². The maximum Gasteiger partial charge on any atom is 0.417 e. The number of rotatable bonds is 3. The molecule has 2 aromatic heterocycles. The fourth-order valence-electron chi connectivity index (χ4n) is 4.53. The van der Waals surface area contributed by atoms with Gasteiger partial charge in [-0.3, -0.25) is 4.79 Å². The molecule has 0 unspecified atom stereocenters. The van der Waals surface area contributed by atoms with Gasteiger partial charge in [0.25, 0.3) is 5.91 Å². The molecule has 0 saturated carbocycles. The summed E-state index contributed by atoms with van der Waals surface area (Å²) in [6.07, 6.45) is 1.76. The smallest absolute Gasteiger partial charge is 0.417 e. The minimum Gasteiger partial charge on any atom is -0.443 e. The molecule has 10 nitrogen and oxygen atoms in total. The second-order valence-electron chi connectivity index (χ2n) is 10.1. The highest BCUT2D eigenvalue weighted by atomic mass is 19.1. The zero-order valence-electron chi connectivity index (χ0n) is 21.4. The first-order chi connectivity index (χ1) is 18.2. The molecule has 2 amide bonds. The third-order valence-electron chi connectivity index (χ3n) is 6.21. The van der Waals surface area contributed by atoms with E-state index in [1.165, 1.54) is 28.9 Å². The molecule has 0 N–H and O–H groups in total. The van der Waals surface area contributed by atoms with Crippen LogP contribution in [0.5, 0.6) is 0 Å². The number of hydrogen-bond donors (Lipinski definition) is 0. The fourth-order valence-corrected chi connectivity index (χ4v) is 4.53. The summed E-state index contributed by atoms with van der Waals surface area (Å²) in [6, 6.07) is 9.55. The first kappa shape index (κ1) is 25.4. The Morgan fingerprint density at radius 3 is 2.76 bits per heavy atom. The highest BCUT2D eigenvalue weighted by Crippen LogP contribution is 2.34. The van der Waals surface area contributed by atoms with Gasteiger partial charge in [0.05, 0.1) is 53.0 Å². The first-order valence-electron chi connectivity index (χ1n) is 12.3. The number of ether oxygens (including phenoxy) is 2. The fraction of sp³-hybridized carbons (Fsp3) is 0.370. The van der Waals surface area contributed by atoms with Crippen LogP contribution in [0, 0.1) is 17.1 Å². The molecule has 0 radical (unpaired) electrons. The molecule has 5 rings (SSSR count). The van der Waals surface area contributed by atoms with Crippen LogP contribution in [0.15, 0.2) is 36.5 Å². The molecule has 0 aliphatic carbocycles. The van der Waals surface area contributed by atoms with E-state index in [2.05, 4.69) is 9.88 Å². The number of halogens is 1. The van der Waals surface area contributed by atoms with E-state index in [-0.39, 0.29) is 34.6 Å². The Balaban J connectivity index is 1.63. The maximum absolute atomic E-state index is 15.0. The van der Waals surface area contributed by atoms with Crippen molar-refractivity contribution in [1.82, 2.24) is 19.7 Å². The van der Waals surface area contributed by atoms with E-state index in [1.54, 1.807) is 27.0 Å². The molecule has 0 bridgehead atoms. The number of imide groups is 1. The summed E-state index contributed by atoms with van der Waals surface area (Å²) in [7, 11) is 0. The molecular formula is C27H27FN6O4. The van der Waals surface area contributed by atoms with Crippen molar-refractivity contribution in [1.29, 1.82) is 5.26 Å². The van der Waals surface area contributed by atoms with Gasteiger partial charge in [-0.15, -0.1) is 0 Å². The number of anilines is 1. The highest BCUT2D eigenvalue weighted by Gasteiger charge is 2.39. The topological polar surface area (TPSA) is 114 Å². The van der Waals surface area contributed by atoms with Crippen LogP contribution in [-0.2, 0) is 16.0 Å². The van der Waals surface area contributed by atoms with Crippen LogP contribution in [0.3, 0.4) is 0 Å². The Kier molecular flexibility index (Phi) is 6.59. The number of carbonyl (C=O) groups is 2. The van der Waals surface area contributed by atoms with Crippen molar-refractivity contribution < 1.29 is 23.5 Å². The van der Waals surface area contributed by atoms with Crippen LogP contribution in [0.2, 0.25) is 0 Å². The minimum absolute atomic E-state index is 0.0132. The van der Waals surface area contributed by atoms with Gasteiger partial charge in [-0.05, 0) is 45.4 Å². The van der Waals surface area contributed by atoms with Crippen LogP contribution < -0.4 is 4.90 Å². The number of nitriles is 1. The van der Waals surface area contributed by atoms with Gasteiger partial charge < -0.3 is 14.4 Å². The van der Waals surface area contributed by atoms with E-state index >= 15 is 0 Å². The Morgan fingerprint density at radius 2 is 2.00 bits per heavy atom. The zero-order chi connectivity index (χ0) is 27.0. The number of fused-ring (bicyclic) bond motifs is 1. The SMILES string of the molecule is CC(C)(C)OC(=O)N1Cc2nc(-c3c(F)cccc3C#N)cc(-n3ccc(N4CCCOCC4)n3)c2C1=O. The van der Waals surface area contributed by atoms with Gasteiger partial charge in [-0.1, -0.05) is 6.07 Å². The molecule has 1 fully saturated rings. The standard InChI is InChI=1S/C27H27FN6O4/c1-27(2,3)38-26(36)33-16-20-24(25(33)35)21(14-19(30-20)23-17(15-29)6-4-7-18(23)28)34-10-8-22(31-34)32-9-5-12-37-13-11-32/h4,6-8,10,14H,5,9,11-13,16H2,1-3H3. The number of pyridine rings is 1. The lowest BCUT2D eigenvalue weighted by Gasteiger charge is -2.23. The van der Waals surface area contributed by atoms with Crippen molar-refractivity contribution in [2.75, 3.05) is 31.2 Å². The predicted molar refractivity (Wildman–Crippen MR) is 135 cm³/mol. The molecule has 11 heteroatoms. The van der Waals surface area contributed by atoms with Gasteiger partial charge in [0.2, 0.25) is 0 Å². The Labute approximate surface area is 219 Å². The Morgan fingerprint density at radius 1 is 1.18 bits per heavy atom. The van der Waals surface area contributed by atoms with E-state index in [1.807, 2.05) is 12.1 Å². The van der Waals surface area contributed by atoms with E-state index in [0.29, 0.717) is 31.3 Å². The van der Waals surface area contributed by atoms with Crippen molar-refractivity contribution in [3.8, 4) is 23.0 Å². The van der Waals surface area contributed by atoms with E-state index in [4.69, 9.17) is 14.6 Å². The molecule has 2 aliphatic heterocycles. The number of nitrogens with zero attached hydrogens (tertiary/aromatic N) is 6. The average molecular weight is 519 g/mol. The van der Waals surface area contributed by atoms with Gasteiger partial charge in [0.15, 0.2) is 5.82 Å². The van der Waals surface area contributed by atoms with Crippen LogP contribution in [0.1, 0.15) is 48.8 Å².